The van der Waals surface area contributed by atoms with E-state index in [9.17, 15) is 0 Å². The minimum Gasteiger partial charge on any atom is -0.328 e. The molecule has 0 saturated heterocycles. The normalized spacial score (nSPS) is 15.3. The molecule has 1 heterocycles. The molecular formula is C14H16N2. The number of imidazole rings is 1. The summed E-state index contributed by atoms with van der Waals surface area (Å²) >= 11 is 0. The van der Waals surface area contributed by atoms with Crippen LogP contribution >= 0.6 is 0 Å². The van der Waals surface area contributed by atoms with Gasteiger partial charge in [-0.05, 0) is 31.2 Å². The Kier molecular flexibility index (Phi) is 2.28. The average molecular weight is 212 g/mol. The zero-order valence-electron chi connectivity index (χ0n) is 9.56. The number of benzene rings is 1. The predicted molar refractivity (Wildman–Crippen MR) is 65.1 cm³/mol. The Balaban J connectivity index is 2.00. The van der Waals surface area contributed by atoms with E-state index in [1.807, 2.05) is 6.20 Å². The lowest BCUT2D eigenvalue weighted by atomic mass is 10.1. The van der Waals surface area contributed by atoms with Gasteiger partial charge in [-0.2, -0.15) is 0 Å². The first-order valence-corrected chi connectivity index (χ1v) is 5.92. The van der Waals surface area contributed by atoms with E-state index in [1.54, 1.807) is 0 Å². The van der Waals surface area contributed by atoms with Crippen LogP contribution in [0.15, 0.2) is 36.5 Å². The van der Waals surface area contributed by atoms with Crippen LogP contribution in [0.1, 0.15) is 18.7 Å². The molecule has 1 aromatic carbocycles. The van der Waals surface area contributed by atoms with Crippen molar-refractivity contribution in [3.8, 4) is 11.3 Å². The summed E-state index contributed by atoms with van der Waals surface area (Å²) in [5.74, 6) is 2.01. The summed E-state index contributed by atoms with van der Waals surface area (Å²) in [5.41, 5.74) is 2.52. The highest BCUT2D eigenvalue weighted by Crippen LogP contribution is 2.33. The number of aryl methyl sites for hydroxylation is 1. The van der Waals surface area contributed by atoms with Crippen LogP contribution in [0.25, 0.3) is 11.3 Å². The van der Waals surface area contributed by atoms with E-state index in [0.717, 1.165) is 18.3 Å². The van der Waals surface area contributed by atoms with Crippen molar-refractivity contribution in [1.29, 1.82) is 0 Å². The van der Waals surface area contributed by atoms with Gasteiger partial charge >= 0.3 is 0 Å². The molecule has 1 saturated carbocycles. The molecule has 0 spiro atoms. The molecule has 0 unspecified atom stereocenters. The second kappa shape index (κ2) is 3.78. The molecule has 0 bridgehead atoms. The number of nitrogens with zero attached hydrogens (tertiary/aromatic N) is 2. The standard InChI is InChI=1S/C14H16N2/c1-11-15-9-14(13-5-3-2-4-6-13)16(11)10-12-7-8-12/h2-6,9,12H,7-8,10H2,1H3. The van der Waals surface area contributed by atoms with Gasteiger partial charge in [-0.15, -0.1) is 0 Å². The fourth-order valence-electron chi connectivity index (χ4n) is 2.10. The minimum absolute atomic E-state index is 0.885. The average Bonchev–Trinajstić information content (AvgIpc) is 3.06. The van der Waals surface area contributed by atoms with Crippen LogP contribution in [0.5, 0.6) is 0 Å². The maximum Gasteiger partial charge on any atom is 0.105 e. The Morgan fingerprint density at radius 2 is 2.00 bits per heavy atom. The van der Waals surface area contributed by atoms with Gasteiger partial charge in [-0.1, -0.05) is 30.3 Å². The third-order valence-electron chi connectivity index (χ3n) is 3.26. The highest BCUT2D eigenvalue weighted by Gasteiger charge is 2.23. The Morgan fingerprint density at radius 3 is 2.69 bits per heavy atom. The van der Waals surface area contributed by atoms with Crippen molar-refractivity contribution < 1.29 is 0 Å². The first-order valence-electron chi connectivity index (χ1n) is 5.92. The van der Waals surface area contributed by atoms with Gasteiger partial charge in [0.2, 0.25) is 0 Å². The number of hydrogen-bond donors (Lipinski definition) is 0. The van der Waals surface area contributed by atoms with Crippen LogP contribution in [0.3, 0.4) is 0 Å². The SMILES string of the molecule is Cc1ncc(-c2ccccc2)n1CC1CC1. The minimum atomic E-state index is 0.885. The quantitative estimate of drug-likeness (QED) is 0.763. The van der Waals surface area contributed by atoms with Crippen LogP contribution < -0.4 is 0 Å². The zero-order chi connectivity index (χ0) is 11.0. The maximum atomic E-state index is 4.44. The first-order chi connectivity index (χ1) is 7.84. The van der Waals surface area contributed by atoms with E-state index < -0.39 is 0 Å². The second-order valence-corrected chi connectivity index (χ2v) is 4.61. The summed E-state index contributed by atoms with van der Waals surface area (Å²) < 4.78 is 2.35. The van der Waals surface area contributed by atoms with Crippen LogP contribution in [0.2, 0.25) is 0 Å². The van der Waals surface area contributed by atoms with E-state index in [2.05, 4.69) is 46.8 Å². The third-order valence-corrected chi connectivity index (χ3v) is 3.26. The Bertz CT molecular complexity index is 481. The molecule has 0 N–H and O–H groups in total. The van der Waals surface area contributed by atoms with Crippen molar-refractivity contribution in [2.45, 2.75) is 26.3 Å². The van der Waals surface area contributed by atoms with Gasteiger partial charge in [0, 0.05) is 6.54 Å². The van der Waals surface area contributed by atoms with Crippen LogP contribution in [0, 0.1) is 12.8 Å². The summed E-state index contributed by atoms with van der Waals surface area (Å²) in [5, 5.41) is 0. The van der Waals surface area contributed by atoms with Gasteiger partial charge in [-0.3, -0.25) is 0 Å². The van der Waals surface area contributed by atoms with Crippen molar-refractivity contribution in [3.05, 3.63) is 42.4 Å². The van der Waals surface area contributed by atoms with Crippen molar-refractivity contribution in [1.82, 2.24) is 9.55 Å². The zero-order valence-corrected chi connectivity index (χ0v) is 9.56. The van der Waals surface area contributed by atoms with Crippen molar-refractivity contribution >= 4 is 0 Å². The number of hydrogen-bond acceptors (Lipinski definition) is 1. The summed E-state index contributed by atoms with van der Waals surface area (Å²) in [4.78, 5) is 4.44. The summed E-state index contributed by atoms with van der Waals surface area (Å²) in [6.45, 7) is 3.23. The van der Waals surface area contributed by atoms with E-state index in [1.165, 1.54) is 24.1 Å². The molecule has 2 nitrogen and oxygen atoms in total. The van der Waals surface area contributed by atoms with Gasteiger partial charge in [0.05, 0.1) is 11.9 Å². The van der Waals surface area contributed by atoms with Crippen molar-refractivity contribution in [2.75, 3.05) is 0 Å². The van der Waals surface area contributed by atoms with Crippen molar-refractivity contribution in [3.63, 3.8) is 0 Å². The topological polar surface area (TPSA) is 17.8 Å². The fraction of sp³-hybridized carbons (Fsp3) is 0.357. The Labute approximate surface area is 95.9 Å². The molecule has 0 aliphatic heterocycles. The molecule has 0 amide bonds. The molecule has 0 atom stereocenters. The summed E-state index contributed by atoms with van der Waals surface area (Å²) in [7, 11) is 0. The van der Waals surface area contributed by atoms with E-state index in [-0.39, 0.29) is 0 Å². The van der Waals surface area contributed by atoms with Gasteiger partial charge in [0.25, 0.3) is 0 Å². The van der Waals surface area contributed by atoms with E-state index in [0.29, 0.717) is 0 Å². The Morgan fingerprint density at radius 1 is 1.25 bits per heavy atom. The molecule has 2 heteroatoms. The van der Waals surface area contributed by atoms with Gasteiger partial charge in [-0.25, -0.2) is 4.98 Å². The molecule has 1 aliphatic carbocycles. The van der Waals surface area contributed by atoms with E-state index in [4.69, 9.17) is 0 Å². The monoisotopic (exact) mass is 212 g/mol. The van der Waals surface area contributed by atoms with Gasteiger partial charge < -0.3 is 4.57 Å². The maximum absolute atomic E-state index is 4.44. The van der Waals surface area contributed by atoms with Crippen LogP contribution in [-0.2, 0) is 6.54 Å². The number of aromatic nitrogens is 2. The highest BCUT2D eigenvalue weighted by molar-refractivity contribution is 5.59. The molecule has 1 aromatic heterocycles. The largest absolute Gasteiger partial charge is 0.328 e. The van der Waals surface area contributed by atoms with Gasteiger partial charge in [0.15, 0.2) is 0 Å². The lowest BCUT2D eigenvalue weighted by Crippen LogP contribution is -2.04. The summed E-state index contributed by atoms with van der Waals surface area (Å²) in [6, 6.07) is 10.5. The molecule has 16 heavy (non-hydrogen) atoms. The number of rotatable bonds is 3. The lowest BCUT2D eigenvalue weighted by Gasteiger charge is -2.09. The predicted octanol–water partition coefficient (Wildman–Crippen LogP) is 3.27. The molecular weight excluding hydrogens is 196 g/mol. The smallest absolute Gasteiger partial charge is 0.105 e. The second-order valence-electron chi connectivity index (χ2n) is 4.61. The molecule has 82 valence electrons. The summed E-state index contributed by atoms with van der Waals surface area (Å²) in [6.07, 6.45) is 4.75. The van der Waals surface area contributed by atoms with Gasteiger partial charge in [0.1, 0.15) is 5.82 Å². The molecule has 1 aliphatic rings. The Hall–Kier alpha value is -1.57. The van der Waals surface area contributed by atoms with Crippen LogP contribution in [-0.4, -0.2) is 9.55 Å². The lowest BCUT2D eigenvalue weighted by molar-refractivity contribution is 0.615. The molecule has 2 aromatic rings. The molecule has 3 rings (SSSR count). The fourth-order valence-corrected chi connectivity index (χ4v) is 2.10. The van der Waals surface area contributed by atoms with Crippen molar-refractivity contribution in [2.24, 2.45) is 5.92 Å². The first kappa shape index (κ1) is 9.64. The third kappa shape index (κ3) is 1.75. The van der Waals surface area contributed by atoms with E-state index >= 15 is 0 Å². The highest BCUT2D eigenvalue weighted by atomic mass is 15.1. The van der Waals surface area contributed by atoms with Crippen LogP contribution in [0.4, 0.5) is 0 Å². The molecule has 0 radical (unpaired) electrons. The molecule has 1 fully saturated rings.